The van der Waals surface area contributed by atoms with Crippen LogP contribution in [0, 0.1) is 0 Å². The van der Waals surface area contributed by atoms with Crippen LogP contribution in [0.15, 0.2) is 21.5 Å². The molecule has 2 heterocycles. The molecule has 0 spiro atoms. The number of hydrogen-bond donors (Lipinski definition) is 0. The fraction of sp³-hybridized carbons (Fsp3) is 0.300. The van der Waals surface area contributed by atoms with Crippen LogP contribution in [0.25, 0.3) is 11.0 Å². The molecule has 0 bridgehead atoms. The zero-order chi connectivity index (χ0) is 13.5. The Morgan fingerprint density at radius 3 is 2.56 bits per heavy atom. The van der Waals surface area contributed by atoms with Crippen LogP contribution >= 0.6 is 15.9 Å². The van der Waals surface area contributed by atoms with Gasteiger partial charge in [0.15, 0.2) is 5.52 Å². The normalized spacial score (nSPS) is 12.1. The molecule has 0 unspecified atom stereocenters. The molecule has 0 aliphatic heterocycles. The number of aromatic nitrogens is 3. The maximum absolute atomic E-state index is 12.8. The second kappa shape index (κ2) is 4.34. The molecular formula is C10H7BrF3N3O. The average molecular weight is 322 g/mol. The highest BCUT2D eigenvalue weighted by Gasteiger charge is 2.37. The van der Waals surface area contributed by atoms with Gasteiger partial charge in [0, 0.05) is 6.54 Å². The monoisotopic (exact) mass is 321 g/mol. The van der Waals surface area contributed by atoms with Gasteiger partial charge in [-0.1, -0.05) is 0 Å². The van der Waals surface area contributed by atoms with Crippen molar-refractivity contribution in [2.75, 3.05) is 0 Å². The molecule has 0 atom stereocenters. The minimum absolute atomic E-state index is 0.0692. The third-order valence-electron chi connectivity index (χ3n) is 2.34. The molecule has 18 heavy (non-hydrogen) atoms. The standard InChI is InChI=1S/C10H7BrF3N3O/c1-2-17-8(18)7-5(3-4-6(11)16-7)15-9(17)10(12,13)14/h3-4H,2H2,1H3. The lowest BCUT2D eigenvalue weighted by atomic mass is 10.3. The minimum Gasteiger partial charge on any atom is -0.287 e. The highest BCUT2D eigenvalue weighted by Crippen LogP contribution is 2.27. The number of hydrogen-bond acceptors (Lipinski definition) is 3. The van der Waals surface area contributed by atoms with Gasteiger partial charge in [-0.2, -0.15) is 13.2 Å². The topological polar surface area (TPSA) is 47.8 Å². The third kappa shape index (κ3) is 2.12. The molecule has 2 rings (SSSR count). The largest absolute Gasteiger partial charge is 0.449 e. The number of alkyl halides is 3. The van der Waals surface area contributed by atoms with Crippen molar-refractivity contribution in [3.8, 4) is 0 Å². The summed E-state index contributed by atoms with van der Waals surface area (Å²) in [6.07, 6.45) is -4.67. The van der Waals surface area contributed by atoms with Crippen molar-refractivity contribution in [1.82, 2.24) is 14.5 Å². The number of rotatable bonds is 1. The Kier molecular flexibility index (Phi) is 3.14. The molecule has 0 saturated heterocycles. The van der Waals surface area contributed by atoms with Crippen LogP contribution in [0.2, 0.25) is 0 Å². The summed E-state index contributed by atoms with van der Waals surface area (Å²) in [6, 6.07) is 2.76. The van der Waals surface area contributed by atoms with E-state index in [9.17, 15) is 18.0 Å². The van der Waals surface area contributed by atoms with Gasteiger partial charge < -0.3 is 0 Å². The van der Waals surface area contributed by atoms with Gasteiger partial charge in [0.2, 0.25) is 5.82 Å². The Labute approximate surface area is 108 Å². The highest BCUT2D eigenvalue weighted by molar-refractivity contribution is 9.10. The van der Waals surface area contributed by atoms with Crippen molar-refractivity contribution in [2.24, 2.45) is 0 Å². The van der Waals surface area contributed by atoms with Gasteiger partial charge in [0.25, 0.3) is 5.56 Å². The third-order valence-corrected chi connectivity index (χ3v) is 2.78. The molecular weight excluding hydrogens is 315 g/mol. The lowest BCUT2D eigenvalue weighted by Crippen LogP contribution is -2.29. The highest BCUT2D eigenvalue weighted by atomic mass is 79.9. The van der Waals surface area contributed by atoms with E-state index in [1.54, 1.807) is 0 Å². The molecule has 0 aliphatic rings. The lowest BCUT2D eigenvalue weighted by Gasteiger charge is -2.13. The smallest absolute Gasteiger partial charge is 0.287 e. The Morgan fingerprint density at radius 2 is 2.00 bits per heavy atom. The Hall–Kier alpha value is -1.44. The van der Waals surface area contributed by atoms with E-state index in [-0.39, 0.29) is 17.6 Å². The molecule has 4 nitrogen and oxygen atoms in total. The van der Waals surface area contributed by atoms with E-state index < -0.39 is 17.6 Å². The summed E-state index contributed by atoms with van der Waals surface area (Å²) >= 11 is 3.06. The molecule has 0 N–H and O–H groups in total. The van der Waals surface area contributed by atoms with Gasteiger partial charge in [0.05, 0.1) is 5.52 Å². The Morgan fingerprint density at radius 1 is 1.33 bits per heavy atom. The average Bonchev–Trinajstić information content (AvgIpc) is 2.28. The van der Waals surface area contributed by atoms with Gasteiger partial charge in [-0.3, -0.25) is 9.36 Å². The van der Waals surface area contributed by atoms with E-state index in [1.165, 1.54) is 19.1 Å². The van der Waals surface area contributed by atoms with Crippen LogP contribution in [-0.4, -0.2) is 14.5 Å². The molecule has 0 saturated carbocycles. The molecule has 0 radical (unpaired) electrons. The van der Waals surface area contributed by atoms with E-state index in [0.717, 1.165) is 0 Å². The van der Waals surface area contributed by atoms with Gasteiger partial charge >= 0.3 is 6.18 Å². The second-order valence-corrected chi connectivity index (χ2v) is 4.30. The summed E-state index contributed by atoms with van der Waals surface area (Å²) in [4.78, 5) is 19.3. The molecule has 0 fully saturated rings. The van der Waals surface area contributed by atoms with E-state index >= 15 is 0 Å². The fourth-order valence-electron chi connectivity index (χ4n) is 1.58. The van der Waals surface area contributed by atoms with Crippen molar-refractivity contribution in [3.05, 3.63) is 32.9 Å². The number of fused-ring (bicyclic) bond motifs is 1. The molecule has 0 aliphatic carbocycles. The molecule has 8 heteroatoms. The van der Waals surface area contributed by atoms with Crippen molar-refractivity contribution in [2.45, 2.75) is 19.6 Å². The van der Waals surface area contributed by atoms with E-state index in [1.807, 2.05) is 0 Å². The van der Waals surface area contributed by atoms with Gasteiger partial charge in [0.1, 0.15) is 4.60 Å². The summed E-state index contributed by atoms with van der Waals surface area (Å²) in [5.41, 5.74) is -0.949. The van der Waals surface area contributed by atoms with Crippen LogP contribution in [-0.2, 0) is 12.7 Å². The first-order chi connectivity index (χ1) is 8.34. The van der Waals surface area contributed by atoms with Crippen molar-refractivity contribution in [1.29, 1.82) is 0 Å². The number of halogens is 4. The Balaban J connectivity index is 2.91. The number of nitrogens with zero attached hydrogens (tertiary/aromatic N) is 3. The molecule has 2 aromatic heterocycles. The first kappa shape index (κ1) is 13.0. The maximum Gasteiger partial charge on any atom is 0.449 e. The van der Waals surface area contributed by atoms with Crippen LogP contribution in [0.5, 0.6) is 0 Å². The fourth-order valence-corrected chi connectivity index (χ4v) is 1.89. The molecule has 0 aromatic carbocycles. The second-order valence-electron chi connectivity index (χ2n) is 3.48. The number of pyridine rings is 1. The van der Waals surface area contributed by atoms with Crippen molar-refractivity contribution >= 4 is 27.0 Å². The van der Waals surface area contributed by atoms with Crippen LogP contribution in [0.3, 0.4) is 0 Å². The Bertz CT molecular complexity index is 666. The minimum atomic E-state index is -4.67. The summed E-state index contributed by atoms with van der Waals surface area (Å²) in [5.74, 6) is -1.20. The van der Waals surface area contributed by atoms with Crippen LogP contribution < -0.4 is 5.56 Å². The van der Waals surface area contributed by atoms with E-state index in [2.05, 4.69) is 25.9 Å². The SMILES string of the molecule is CCn1c(C(F)(F)F)nc2ccc(Br)nc2c1=O. The summed E-state index contributed by atoms with van der Waals surface area (Å²) < 4.78 is 39.3. The summed E-state index contributed by atoms with van der Waals surface area (Å²) in [7, 11) is 0. The van der Waals surface area contributed by atoms with E-state index in [0.29, 0.717) is 9.17 Å². The first-order valence-electron chi connectivity index (χ1n) is 4.99. The van der Waals surface area contributed by atoms with Gasteiger partial charge in [-0.05, 0) is 35.0 Å². The first-order valence-corrected chi connectivity index (χ1v) is 5.78. The lowest BCUT2D eigenvalue weighted by molar-refractivity contribution is -0.147. The van der Waals surface area contributed by atoms with Gasteiger partial charge in [-0.15, -0.1) is 0 Å². The zero-order valence-electron chi connectivity index (χ0n) is 9.12. The zero-order valence-corrected chi connectivity index (χ0v) is 10.7. The summed E-state index contributed by atoms with van der Waals surface area (Å²) in [6.45, 7) is 1.33. The molecule has 0 amide bonds. The van der Waals surface area contributed by atoms with Crippen molar-refractivity contribution in [3.63, 3.8) is 0 Å². The molecule has 96 valence electrons. The molecule has 2 aromatic rings. The van der Waals surface area contributed by atoms with E-state index in [4.69, 9.17) is 0 Å². The van der Waals surface area contributed by atoms with Crippen molar-refractivity contribution < 1.29 is 13.2 Å². The van der Waals surface area contributed by atoms with Gasteiger partial charge in [-0.25, -0.2) is 9.97 Å². The predicted molar refractivity (Wildman–Crippen MR) is 62.2 cm³/mol. The summed E-state index contributed by atoms with van der Waals surface area (Å²) in [5, 5.41) is 0. The maximum atomic E-state index is 12.8. The predicted octanol–water partition coefficient (Wildman–Crippen LogP) is 2.59. The van der Waals surface area contributed by atoms with Crippen LogP contribution in [0.1, 0.15) is 12.7 Å². The van der Waals surface area contributed by atoms with Crippen LogP contribution in [0.4, 0.5) is 13.2 Å². The quantitative estimate of drug-likeness (QED) is 0.758.